The Morgan fingerprint density at radius 3 is 2.76 bits per heavy atom. The zero-order valence-electron chi connectivity index (χ0n) is 12.4. The third kappa shape index (κ3) is 3.46. The molecule has 3 rings (SSSR count). The van der Waals surface area contributed by atoms with Crippen LogP contribution in [-0.4, -0.2) is 18.1 Å². The van der Waals surface area contributed by atoms with E-state index in [0.717, 1.165) is 30.2 Å². The Bertz CT molecular complexity index is 576. The van der Waals surface area contributed by atoms with E-state index in [4.69, 9.17) is 14.9 Å². The van der Waals surface area contributed by atoms with Crippen molar-refractivity contribution in [3.8, 4) is 5.75 Å². The van der Waals surface area contributed by atoms with Gasteiger partial charge in [0, 0.05) is 24.7 Å². The van der Waals surface area contributed by atoms with Crippen molar-refractivity contribution in [3.05, 3.63) is 53.5 Å². The molecule has 1 aliphatic carbocycles. The van der Waals surface area contributed by atoms with Gasteiger partial charge in [0.2, 0.25) is 0 Å². The lowest BCUT2D eigenvalue weighted by Crippen LogP contribution is -2.24. The van der Waals surface area contributed by atoms with Gasteiger partial charge in [-0.1, -0.05) is 12.1 Å². The van der Waals surface area contributed by atoms with Gasteiger partial charge in [0.15, 0.2) is 0 Å². The Morgan fingerprint density at radius 1 is 1.29 bits per heavy atom. The van der Waals surface area contributed by atoms with Gasteiger partial charge in [-0.2, -0.15) is 0 Å². The lowest BCUT2D eigenvalue weighted by molar-refractivity contribution is 0.225. The molecule has 1 aliphatic rings. The van der Waals surface area contributed by atoms with E-state index in [1.54, 1.807) is 13.4 Å². The molecule has 1 heterocycles. The van der Waals surface area contributed by atoms with Crippen LogP contribution in [0.3, 0.4) is 0 Å². The van der Waals surface area contributed by atoms with Crippen molar-refractivity contribution in [3.63, 3.8) is 0 Å². The van der Waals surface area contributed by atoms with E-state index in [0.29, 0.717) is 12.6 Å². The summed E-state index contributed by atoms with van der Waals surface area (Å²) >= 11 is 0. The topological polar surface area (TPSA) is 51.6 Å². The van der Waals surface area contributed by atoms with E-state index in [9.17, 15) is 0 Å². The Hall–Kier alpha value is -1.78. The zero-order chi connectivity index (χ0) is 14.7. The smallest absolute Gasteiger partial charge is 0.123 e. The number of hydrogen-bond acceptors (Lipinski definition) is 4. The van der Waals surface area contributed by atoms with Crippen molar-refractivity contribution in [1.29, 1.82) is 0 Å². The molecule has 0 aliphatic heterocycles. The average Bonchev–Trinajstić information content (AvgIpc) is 3.24. The quantitative estimate of drug-likeness (QED) is 0.850. The number of ether oxygens (including phenoxy) is 1. The highest BCUT2D eigenvalue weighted by molar-refractivity contribution is 5.37. The van der Waals surface area contributed by atoms with Crippen molar-refractivity contribution in [2.75, 3.05) is 7.11 Å². The van der Waals surface area contributed by atoms with Gasteiger partial charge in [0.1, 0.15) is 11.5 Å². The largest absolute Gasteiger partial charge is 0.496 e. The van der Waals surface area contributed by atoms with Crippen LogP contribution in [-0.2, 0) is 19.6 Å². The van der Waals surface area contributed by atoms with Crippen LogP contribution in [0, 0.1) is 0 Å². The van der Waals surface area contributed by atoms with Gasteiger partial charge >= 0.3 is 0 Å². The maximum atomic E-state index is 5.72. The minimum Gasteiger partial charge on any atom is -0.496 e. The van der Waals surface area contributed by atoms with Crippen LogP contribution in [0.1, 0.15) is 29.7 Å². The fourth-order valence-corrected chi connectivity index (χ4v) is 2.65. The highest BCUT2D eigenvalue weighted by Crippen LogP contribution is 2.31. The standard InChI is InChI=1S/C17H22N2O2/c1-20-17-9-13(4-5-14(17)10-18)11-19(15-6-7-15)12-16-3-2-8-21-16/h2-5,8-9,15H,6-7,10-12,18H2,1H3. The molecule has 4 heteroatoms. The summed E-state index contributed by atoms with van der Waals surface area (Å²) in [6, 6.07) is 11.0. The first-order valence-corrected chi connectivity index (χ1v) is 7.42. The molecule has 0 saturated heterocycles. The summed E-state index contributed by atoms with van der Waals surface area (Å²) in [5.41, 5.74) is 8.02. The second-order valence-electron chi connectivity index (χ2n) is 5.57. The Morgan fingerprint density at radius 2 is 2.14 bits per heavy atom. The second-order valence-corrected chi connectivity index (χ2v) is 5.57. The lowest BCUT2D eigenvalue weighted by atomic mass is 10.1. The molecule has 0 bridgehead atoms. The maximum Gasteiger partial charge on any atom is 0.123 e. The summed E-state index contributed by atoms with van der Waals surface area (Å²) < 4.78 is 10.9. The molecule has 1 aromatic heterocycles. The van der Waals surface area contributed by atoms with Crippen LogP contribution in [0.2, 0.25) is 0 Å². The molecule has 1 saturated carbocycles. The molecule has 0 unspecified atom stereocenters. The summed E-state index contributed by atoms with van der Waals surface area (Å²) in [4.78, 5) is 2.47. The van der Waals surface area contributed by atoms with Crippen LogP contribution in [0.4, 0.5) is 0 Å². The molecule has 0 radical (unpaired) electrons. The molecular weight excluding hydrogens is 264 g/mol. The van der Waals surface area contributed by atoms with Crippen molar-refractivity contribution in [1.82, 2.24) is 4.90 Å². The molecule has 0 atom stereocenters. The minimum absolute atomic E-state index is 0.502. The SMILES string of the molecule is COc1cc(CN(Cc2ccco2)C2CC2)ccc1CN. The summed E-state index contributed by atoms with van der Waals surface area (Å²) in [5, 5.41) is 0. The predicted octanol–water partition coefficient (Wildman–Crippen LogP) is 2.91. The van der Waals surface area contributed by atoms with Crippen molar-refractivity contribution >= 4 is 0 Å². The molecule has 21 heavy (non-hydrogen) atoms. The minimum atomic E-state index is 0.502. The number of hydrogen-bond donors (Lipinski definition) is 1. The van der Waals surface area contributed by atoms with Gasteiger partial charge < -0.3 is 14.9 Å². The molecule has 4 nitrogen and oxygen atoms in total. The number of methoxy groups -OCH3 is 1. The summed E-state index contributed by atoms with van der Waals surface area (Å²) in [6.45, 7) is 2.27. The number of benzene rings is 1. The highest BCUT2D eigenvalue weighted by atomic mass is 16.5. The van der Waals surface area contributed by atoms with E-state index >= 15 is 0 Å². The van der Waals surface area contributed by atoms with Gasteiger partial charge in [-0.25, -0.2) is 0 Å². The monoisotopic (exact) mass is 286 g/mol. The number of nitrogens with two attached hydrogens (primary N) is 1. The number of furan rings is 1. The zero-order valence-corrected chi connectivity index (χ0v) is 12.4. The van der Waals surface area contributed by atoms with Crippen molar-refractivity contribution < 1.29 is 9.15 Å². The second kappa shape index (κ2) is 6.33. The normalized spacial score (nSPS) is 14.6. The van der Waals surface area contributed by atoms with Crippen LogP contribution in [0.25, 0.3) is 0 Å². The van der Waals surface area contributed by atoms with E-state index in [2.05, 4.69) is 23.1 Å². The summed E-state index contributed by atoms with van der Waals surface area (Å²) in [6.07, 6.45) is 4.29. The van der Waals surface area contributed by atoms with Crippen LogP contribution >= 0.6 is 0 Å². The van der Waals surface area contributed by atoms with Gasteiger partial charge in [-0.05, 0) is 36.6 Å². The molecule has 2 aromatic rings. The predicted molar refractivity (Wildman–Crippen MR) is 81.9 cm³/mol. The molecule has 2 N–H and O–H groups in total. The highest BCUT2D eigenvalue weighted by Gasteiger charge is 2.29. The van der Waals surface area contributed by atoms with Gasteiger partial charge in [0.05, 0.1) is 19.9 Å². The third-order valence-electron chi connectivity index (χ3n) is 3.96. The Balaban J connectivity index is 1.73. The molecule has 1 aromatic carbocycles. The molecule has 0 amide bonds. The lowest BCUT2D eigenvalue weighted by Gasteiger charge is -2.21. The first-order chi connectivity index (χ1) is 10.3. The van der Waals surface area contributed by atoms with Gasteiger partial charge in [-0.3, -0.25) is 4.90 Å². The van der Waals surface area contributed by atoms with E-state index in [-0.39, 0.29) is 0 Å². The molecule has 112 valence electrons. The van der Waals surface area contributed by atoms with Crippen LogP contribution in [0.15, 0.2) is 41.0 Å². The first-order valence-electron chi connectivity index (χ1n) is 7.42. The maximum absolute atomic E-state index is 5.72. The Labute approximate surface area is 125 Å². The number of rotatable bonds is 7. The van der Waals surface area contributed by atoms with Crippen molar-refractivity contribution in [2.45, 2.75) is 38.5 Å². The van der Waals surface area contributed by atoms with E-state index in [1.165, 1.54) is 18.4 Å². The van der Waals surface area contributed by atoms with Crippen LogP contribution < -0.4 is 10.5 Å². The van der Waals surface area contributed by atoms with E-state index in [1.807, 2.05) is 12.1 Å². The molecular formula is C17H22N2O2. The number of nitrogens with zero attached hydrogens (tertiary/aromatic N) is 1. The van der Waals surface area contributed by atoms with Gasteiger partial charge in [0.25, 0.3) is 0 Å². The fraction of sp³-hybridized carbons (Fsp3) is 0.412. The summed E-state index contributed by atoms with van der Waals surface area (Å²) in [5.74, 6) is 1.90. The van der Waals surface area contributed by atoms with Crippen LogP contribution in [0.5, 0.6) is 5.75 Å². The third-order valence-corrected chi connectivity index (χ3v) is 3.96. The fourth-order valence-electron chi connectivity index (χ4n) is 2.65. The van der Waals surface area contributed by atoms with E-state index < -0.39 is 0 Å². The molecule has 0 spiro atoms. The van der Waals surface area contributed by atoms with Crippen molar-refractivity contribution in [2.24, 2.45) is 5.73 Å². The first kappa shape index (κ1) is 14.2. The van der Waals surface area contributed by atoms with Gasteiger partial charge in [-0.15, -0.1) is 0 Å². The Kier molecular flexibility index (Phi) is 4.27. The molecule has 1 fully saturated rings. The average molecular weight is 286 g/mol. The summed E-state index contributed by atoms with van der Waals surface area (Å²) in [7, 11) is 1.69.